The van der Waals surface area contributed by atoms with Gasteiger partial charge in [0.05, 0.1) is 0 Å². The second-order valence-electron chi connectivity index (χ2n) is 15.4. The molecule has 296 valence electrons. The summed E-state index contributed by atoms with van der Waals surface area (Å²) in [5, 5.41) is 20.6. The molecule has 0 aliphatic carbocycles. The van der Waals surface area contributed by atoms with Crippen molar-refractivity contribution in [2.24, 2.45) is 0 Å². The molecule has 0 saturated heterocycles. The molecule has 0 bridgehead atoms. The van der Waals surface area contributed by atoms with Gasteiger partial charge in [-0.2, -0.15) is 0 Å². The van der Waals surface area contributed by atoms with Gasteiger partial charge in [0.15, 0.2) is 0 Å². The SMILES string of the molecule is CCCC(CCCCCCCCCCCCCC(=O)[O-])c1ccccc1.CCCC(CCCCCCCCCCCCCC(=O)[O-])c1ccccc1.[Mg+2]. The summed E-state index contributed by atoms with van der Waals surface area (Å²) in [6.07, 6.45) is 35.7. The molecule has 0 aliphatic rings. The quantitative estimate of drug-likeness (QED) is 0.0528. The maximum absolute atomic E-state index is 10.3. The summed E-state index contributed by atoms with van der Waals surface area (Å²) in [5.41, 5.74) is 3.04. The summed E-state index contributed by atoms with van der Waals surface area (Å²) in [7, 11) is 0. The van der Waals surface area contributed by atoms with Gasteiger partial charge in [-0.1, -0.05) is 216 Å². The van der Waals surface area contributed by atoms with E-state index in [0.717, 1.165) is 37.5 Å². The van der Waals surface area contributed by atoms with Crippen molar-refractivity contribution in [3.05, 3.63) is 71.8 Å². The maximum atomic E-state index is 10.3. The van der Waals surface area contributed by atoms with Crippen LogP contribution in [-0.4, -0.2) is 35.0 Å². The Labute approximate surface area is 343 Å². The zero-order chi connectivity index (χ0) is 37.7. The van der Waals surface area contributed by atoms with Crippen LogP contribution in [0.4, 0.5) is 0 Å². The number of benzene rings is 2. The van der Waals surface area contributed by atoms with E-state index in [-0.39, 0.29) is 35.9 Å². The normalized spacial score (nSPS) is 12.0. The standard InChI is InChI=1S/2C24H40O2.Mg/c2*1-2-17-22(23-19-14-12-15-20-23)18-13-10-8-6-4-3-5-7-9-11-16-21-24(25)26;/h2*12,14-15,19-20,22H,2-11,13,16-18,21H2,1H3,(H,25,26);/q;;+2/p-2. The molecule has 0 N–H and O–H groups in total. The van der Waals surface area contributed by atoms with E-state index in [2.05, 4.69) is 74.5 Å². The Balaban J connectivity index is 0.00000100. The van der Waals surface area contributed by atoms with Crippen LogP contribution in [-0.2, 0) is 9.59 Å². The summed E-state index contributed by atoms with van der Waals surface area (Å²) < 4.78 is 0. The Kier molecular flexibility index (Phi) is 37.1. The molecule has 0 aliphatic heterocycles. The Morgan fingerprint density at radius 2 is 0.642 bits per heavy atom. The maximum Gasteiger partial charge on any atom is 2.00 e. The van der Waals surface area contributed by atoms with Crippen LogP contribution in [0.2, 0.25) is 0 Å². The van der Waals surface area contributed by atoms with Crippen molar-refractivity contribution in [3.8, 4) is 0 Å². The van der Waals surface area contributed by atoms with Crippen molar-refractivity contribution in [3.63, 3.8) is 0 Å². The van der Waals surface area contributed by atoms with E-state index < -0.39 is 11.9 Å². The predicted octanol–water partition coefficient (Wildman–Crippen LogP) is 12.4. The van der Waals surface area contributed by atoms with Gasteiger partial charge >= 0.3 is 23.1 Å². The zero-order valence-electron chi connectivity index (χ0n) is 34.5. The molecule has 2 aromatic rings. The van der Waals surface area contributed by atoms with E-state index in [1.165, 1.54) is 165 Å². The van der Waals surface area contributed by atoms with E-state index in [0.29, 0.717) is 0 Å². The summed E-state index contributed by atoms with van der Waals surface area (Å²) in [6.45, 7) is 4.58. The van der Waals surface area contributed by atoms with Gasteiger partial charge < -0.3 is 19.8 Å². The molecule has 2 atom stereocenters. The summed E-state index contributed by atoms with van der Waals surface area (Å²) in [6, 6.07) is 22.1. The molecular formula is C48H78MgO4. The summed E-state index contributed by atoms with van der Waals surface area (Å²) >= 11 is 0. The van der Waals surface area contributed by atoms with Gasteiger partial charge in [-0.25, -0.2) is 0 Å². The molecular weight excluding hydrogens is 665 g/mol. The second kappa shape index (κ2) is 38.4. The predicted molar refractivity (Wildman–Crippen MR) is 224 cm³/mol. The monoisotopic (exact) mass is 743 g/mol. The Morgan fingerprint density at radius 1 is 0.396 bits per heavy atom. The number of carbonyl (C=O) groups is 2. The third-order valence-electron chi connectivity index (χ3n) is 10.7. The average Bonchev–Trinajstić information content (AvgIpc) is 3.15. The molecule has 0 fully saturated rings. The van der Waals surface area contributed by atoms with Gasteiger partial charge in [-0.3, -0.25) is 0 Å². The second-order valence-corrected chi connectivity index (χ2v) is 15.4. The van der Waals surface area contributed by atoms with E-state index in [9.17, 15) is 19.8 Å². The first-order chi connectivity index (χ1) is 25.5. The van der Waals surface area contributed by atoms with E-state index in [1.807, 2.05) is 0 Å². The van der Waals surface area contributed by atoms with Crippen LogP contribution in [0.25, 0.3) is 0 Å². The minimum atomic E-state index is -0.908. The molecule has 2 aromatic carbocycles. The number of rotatable bonds is 34. The average molecular weight is 743 g/mol. The summed E-state index contributed by atoms with van der Waals surface area (Å²) in [5.74, 6) is -0.319. The van der Waals surface area contributed by atoms with Crippen LogP contribution in [0, 0.1) is 0 Å². The molecule has 0 amide bonds. The number of carboxylic acid groups (broad SMARTS) is 2. The number of unbranched alkanes of at least 4 members (excludes halogenated alkanes) is 20. The minimum absolute atomic E-state index is 0. The van der Waals surface area contributed by atoms with E-state index >= 15 is 0 Å². The number of aliphatic carboxylic acids is 2. The third kappa shape index (κ3) is 32.1. The van der Waals surface area contributed by atoms with Gasteiger partial charge in [0.2, 0.25) is 0 Å². The molecule has 5 heteroatoms. The molecule has 2 unspecified atom stereocenters. The van der Waals surface area contributed by atoms with Crippen molar-refractivity contribution in [2.45, 2.75) is 218 Å². The fraction of sp³-hybridized carbons (Fsp3) is 0.708. The van der Waals surface area contributed by atoms with E-state index in [1.54, 1.807) is 0 Å². The molecule has 0 spiro atoms. The van der Waals surface area contributed by atoms with Crippen molar-refractivity contribution in [1.29, 1.82) is 0 Å². The largest absolute Gasteiger partial charge is 2.00 e. The van der Waals surface area contributed by atoms with Gasteiger partial charge in [-0.15, -0.1) is 0 Å². The van der Waals surface area contributed by atoms with Gasteiger partial charge in [-0.05, 0) is 74.3 Å². The van der Waals surface area contributed by atoms with Crippen molar-refractivity contribution >= 4 is 35.0 Å². The van der Waals surface area contributed by atoms with Gasteiger partial charge in [0.1, 0.15) is 0 Å². The molecule has 2 rings (SSSR count). The Bertz CT molecular complexity index is 974. The number of carboxylic acids is 2. The van der Waals surface area contributed by atoms with Crippen LogP contribution in [0.15, 0.2) is 60.7 Å². The van der Waals surface area contributed by atoms with Crippen molar-refractivity contribution in [1.82, 2.24) is 0 Å². The Hall–Kier alpha value is -1.85. The first-order valence-corrected chi connectivity index (χ1v) is 22.0. The first kappa shape index (κ1) is 51.1. The Morgan fingerprint density at radius 3 is 0.887 bits per heavy atom. The molecule has 53 heavy (non-hydrogen) atoms. The molecule has 4 nitrogen and oxygen atoms in total. The topological polar surface area (TPSA) is 80.3 Å². The number of carbonyl (C=O) groups excluding carboxylic acids is 2. The van der Waals surface area contributed by atoms with Crippen molar-refractivity contribution in [2.75, 3.05) is 0 Å². The van der Waals surface area contributed by atoms with E-state index in [4.69, 9.17) is 0 Å². The zero-order valence-corrected chi connectivity index (χ0v) is 35.9. The number of hydrogen-bond acceptors (Lipinski definition) is 4. The molecule has 0 aromatic heterocycles. The van der Waals surface area contributed by atoms with Crippen LogP contribution in [0.5, 0.6) is 0 Å². The smallest absolute Gasteiger partial charge is 0.550 e. The molecule has 0 saturated carbocycles. The first-order valence-electron chi connectivity index (χ1n) is 22.0. The van der Waals surface area contributed by atoms with Crippen LogP contribution >= 0.6 is 0 Å². The fourth-order valence-corrected chi connectivity index (χ4v) is 7.60. The fourth-order valence-electron chi connectivity index (χ4n) is 7.60. The molecule has 0 heterocycles. The molecule has 0 radical (unpaired) electrons. The van der Waals surface area contributed by atoms with Crippen molar-refractivity contribution < 1.29 is 19.8 Å². The van der Waals surface area contributed by atoms with Crippen LogP contribution in [0.1, 0.15) is 229 Å². The number of hydrogen-bond donors (Lipinski definition) is 0. The third-order valence-corrected chi connectivity index (χ3v) is 10.7. The van der Waals surface area contributed by atoms with Crippen LogP contribution < -0.4 is 10.2 Å². The van der Waals surface area contributed by atoms with Gasteiger partial charge in [0.25, 0.3) is 0 Å². The van der Waals surface area contributed by atoms with Gasteiger partial charge in [0, 0.05) is 11.9 Å². The van der Waals surface area contributed by atoms with Crippen LogP contribution in [0.3, 0.4) is 0 Å². The summed E-state index contributed by atoms with van der Waals surface area (Å²) in [4.78, 5) is 20.6. The minimum Gasteiger partial charge on any atom is -0.550 e.